The maximum absolute atomic E-state index is 13.4. The highest BCUT2D eigenvalue weighted by atomic mass is 19.4. The number of aromatic amines is 1. The second-order valence-corrected chi connectivity index (χ2v) is 8.56. The maximum Gasteiger partial charge on any atom is 0.419 e. The van der Waals surface area contributed by atoms with Crippen molar-refractivity contribution in [2.75, 3.05) is 44.3 Å². The van der Waals surface area contributed by atoms with Crippen molar-refractivity contribution in [3.8, 4) is 0 Å². The van der Waals surface area contributed by atoms with Crippen LogP contribution in [0, 0.1) is 0 Å². The van der Waals surface area contributed by atoms with Crippen molar-refractivity contribution < 1.29 is 31.5 Å². The number of aromatic nitrogens is 5. The van der Waals surface area contributed by atoms with E-state index in [0.29, 0.717) is 26.2 Å². The number of ether oxygens (including phenoxy) is 1. The number of carbonyl (C=O) groups excluding carboxylic acids is 1. The quantitative estimate of drug-likeness (QED) is 0.353. The molecule has 1 amide bonds. The lowest BCUT2D eigenvalue weighted by molar-refractivity contribution is -0.138. The molecule has 10 nitrogen and oxygen atoms in total. The summed E-state index contributed by atoms with van der Waals surface area (Å²) in [6.07, 6.45) is -3.26. The monoisotopic (exact) mass is 529 g/mol. The first kappa shape index (κ1) is 26.4. The smallest absolute Gasteiger partial charge is 0.379 e. The van der Waals surface area contributed by atoms with Crippen molar-refractivity contribution in [3.63, 3.8) is 0 Å². The van der Waals surface area contributed by atoms with Crippen LogP contribution in [0.1, 0.15) is 36.9 Å². The minimum Gasteiger partial charge on any atom is -0.379 e. The SMILES string of the molecule is CC(COCCC(=O)N1CCN(c2ncc(C(F)(F)F)cn2)CC1)n1cc(C(F)F)c2c(=O)[nH]ncc21. The molecular weight excluding hydrogens is 505 g/mol. The molecule has 0 saturated carbocycles. The predicted octanol–water partition coefficient (Wildman–Crippen LogP) is 2.79. The third-order valence-electron chi connectivity index (χ3n) is 6.09. The second-order valence-electron chi connectivity index (χ2n) is 8.56. The zero-order valence-electron chi connectivity index (χ0n) is 19.7. The molecule has 200 valence electrons. The Morgan fingerprint density at radius 3 is 2.43 bits per heavy atom. The van der Waals surface area contributed by atoms with Crippen molar-refractivity contribution in [2.45, 2.75) is 32.0 Å². The van der Waals surface area contributed by atoms with Gasteiger partial charge in [0.05, 0.1) is 48.3 Å². The van der Waals surface area contributed by atoms with Gasteiger partial charge in [-0.3, -0.25) is 9.59 Å². The highest BCUT2D eigenvalue weighted by Crippen LogP contribution is 2.30. The molecule has 1 unspecified atom stereocenters. The van der Waals surface area contributed by atoms with Crippen molar-refractivity contribution in [3.05, 3.63) is 46.3 Å². The summed E-state index contributed by atoms with van der Waals surface area (Å²) in [5.41, 5.74) is -1.75. The fourth-order valence-electron chi connectivity index (χ4n) is 4.12. The average molecular weight is 529 g/mol. The first-order valence-electron chi connectivity index (χ1n) is 11.4. The molecule has 3 aromatic rings. The van der Waals surface area contributed by atoms with E-state index in [4.69, 9.17) is 4.74 Å². The molecule has 1 N–H and O–H groups in total. The van der Waals surface area contributed by atoms with E-state index in [0.717, 1.165) is 12.4 Å². The average Bonchev–Trinajstić information content (AvgIpc) is 3.28. The lowest BCUT2D eigenvalue weighted by Crippen LogP contribution is -2.49. The van der Waals surface area contributed by atoms with Crippen LogP contribution in [0.5, 0.6) is 0 Å². The molecule has 1 atom stereocenters. The second kappa shape index (κ2) is 10.8. The highest BCUT2D eigenvalue weighted by molar-refractivity contribution is 5.82. The molecule has 1 fully saturated rings. The van der Waals surface area contributed by atoms with E-state index >= 15 is 0 Å². The Kier molecular flexibility index (Phi) is 7.71. The van der Waals surface area contributed by atoms with Gasteiger partial charge in [-0.2, -0.15) is 18.3 Å². The van der Waals surface area contributed by atoms with Crippen molar-refractivity contribution in [1.29, 1.82) is 0 Å². The Bertz CT molecular complexity index is 1280. The number of alkyl halides is 5. The minimum absolute atomic E-state index is 0.0967. The van der Waals surface area contributed by atoms with Gasteiger partial charge >= 0.3 is 6.18 Å². The Balaban J connectivity index is 1.24. The van der Waals surface area contributed by atoms with Crippen LogP contribution in [0.25, 0.3) is 10.9 Å². The molecule has 0 bridgehead atoms. The number of carbonyl (C=O) groups is 1. The fourth-order valence-corrected chi connectivity index (χ4v) is 4.12. The lowest BCUT2D eigenvalue weighted by Gasteiger charge is -2.34. The van der Waals surface area contributed by atoms with Gasteiger partial charge in [-0.05, 0) is 6.92 Å². The number of hydrogen-bond acceptors (Lipinski definition) is 7. The van der Waals surface area contributed by atoms with Crippen LogP contribution < -0.4 is 10.5 Å². The zero-order chi connectivity index (χ0) is 26.7. The van der Waals surface area contributed by atoms with Crippen LogP contribution in [0.3, 0.4) is 0 Å². The summed E-state index contributed by atoms with van der Waals surface area (Å²) in [6.45, 7) is 3.40. The van der Waals surface area contributed by atoms with Crippen LogP contribution in [-0.4, -0.2) is 74.9 Å². The number of halogens is 5. The van der Waals surface area contributed by atoms with Gasteiger partial charge < -0.3 is 19.1 Å². The van der Waals surface area contributed by atoms with Crippen molar-refractivity contribution in [2.24, 2.45) is 0 Å². The first-order chi connectivity index (χ1) is 17.6. The molecule has 0 spiro atoms. The van der Waals surface area contributed by atoms with Gasteiger partial charge in [-0.25, -0.2) is 23.8 Å². The number of fused-ring (bicyclic) bond motifs is 1. The van der Waals surface area contributed by atoms with E-state index < -0.39 is 29.8 Å². The topological polar surface area (TPSA) is 109 Å². The number of nitrogens with one attached hydrogen (secondary N) is 1. The number of rotatable bonds is 8. The van der Waals surface area contributed by atoms with Crippen LogP contribution in [-0.2, 0) is 15.7 Å². The molecule has 15 heteroatoms. The molecular formula is C22H24F5N7O3. The Labute approximate surface area is 207 Å². The molecule has 0 aromatic carbocycles. The predicted molar refractivity (Wildman–Crippen MR) is 121 cm³/mol. The normalized spacial score (nSPS) is 15.5. The van der Waals surface area contributed by atoms with E-state index in [1.165, 1.54) is 17.0 Å². The minimum atomic E-state index is -4.51. The first-order valence-corrected chi connectivity index (χ1v) is 11.4. The van der Waals surface area contributed by atoms with E-state index in [1.807, 2.05) is 0 Å². The number of H-pyrrole nitrogens is 1. The van der Waals surface area contributed by atoms with Gasteiger partial charge in [0.25, 0.3) is 12.0 Å². The van der Waals surface area contributed by atoms with Crippen molar-refractivity contribution >= 4 is 22.8 Å². The summed E-state index contributed by atoms with van der Waals surface area (Å²) in [5.74, 6) is 0.0184. The lowest BCUT2D eigenvalue weighted by atomic mass is 10.2. The van der Waals surface area contributed by atoms with Gasteiger partial charge in [0.15, 0.2) is 0 Å². The molecule has 0 aliphatic carbocycles. The standard InChI is InChI=1S/C22H24F5N7O3/c1-13(34-11-15(19(23)24)18-16(34)10-30-31-20(18)36)12-37-7-2-17(35)32-3-5-33(6-4-32)21-28-8-14(9-29-21)22(25,26)27/h8-11,13,19H,2-7,12H2,1H3,(H,31,36). The van der Waals surface area contributed by atoms with Gasteiger partial charge in [-0.1, -0.05) is 0 Å². The number of anilines is 1. The summed E-state index contributed by atoms with van der Waals surface area (Å²) >= 11 is 0. The summed E-state index contributed by atoms with van der Waals surface area (Å²) in [5, 5.41) is 5.73. The van der Waals surface area contributed by atoms with Crippen LogP contribution in [0.4, 0.5) is 27.9 Å². The molecule has 1 aliphatic rings. The van der Waals surface area contributed by atoms with Crippen LogP contribution >= 0.6 is 0 Å². The van der Waals surface area contributed by atoms with E-state index in [1.54, 1.807) is 16.7 Å². The fraction of sp³-hybridized carbons (Fsp3) is 0.500. The summed E-state index contributed by atoms with van der Waals surface area (Å²) in [4.78, 5) is 35.4. The van der Waals surface area contributed by atoms with E-state index in [2.05, 4.69) is 20.2 Å². The van der Waals surface area contributed by atoms with Gasteiger partial charge in [0, 0.05) is 50.3 Å². The largest absolute Gasteiger partial charge is 0.419 e. The number of piperazine rings is 1. The molecule has 37 heavy (non-hydrogen) atoms. The van der Waals surface area contributed by atoms with Gasteiger partial charge in [0.2, 0.25) is 11.9 Å². The van der Waals surface area contributed by atoms with Gasteiger partial charge in [-0.15, -0.1) is 0 Å². The Hall–Kier alpha value is -3.62. The Morgan fingerprint density at radius 2 is 1.81 bits per heavy atom. The van der Waals surface area contributed by atoms with Crippen molar-refractivity contribution in [1.82, 2.24) is 29.6 Å². The maximum atomic E-state index is 13.4. The molecule has 4 heterocycles. The summed E-state index contributed by atoms with van der Waals surface area (Å²) < 4.78 is 71.9. The number of nitrogens with zero attached hydrogens (tertiary/aromatic N) is 6. The molecule has 4 rings (SSSR count). The number of amides is 1. The highest BCUT2D eigenvalue weighted by Gasteiger charge is 2.32. The van der Waals surface area contributed by atoms with Crippen LogP contribution in [0.15, 0.2) is 29.6 Å². The third-order valence-corrected chi connectivity index (χ3v) is 6.09. The molecule has 1 saturated heterocycles. The third kappa shape index (κ3) is 5.87. The molecule has 1 aliphatic heterocycles. The molecule has 0 radical (unpaired) electrons. The number of hydrogen-bond donors (Lipinski definition) is 1. The summed E-state index contributed by atoms with van der Waals surface area (Å²) in [6, 6.07) is -0.402. The Morgan fingerprint density at radius 1 is 1.14 bits per heavy atom. The van der Waals surface area contributed by atoms with Gasteiger partial charge in [0.1, 0.15) is 0 Å². The van der Waals surface area contributed by atoms with E-state index in [9.17, 15) is 31.5 Å². The zero-order valence-corrected chi connectivity index (χ0v) is 19.7. The van der Waals surface area contributed by atoms with Crippen LogP contribution in [0.2, 0.25) is 0 Å². The summed E-state index contributed by atoms with van der Waals surface area (Å²) in [7, 11) is 0. The molecule has 3 aromatic heterocycles. The van der Waals surface area contributed by atoms with E-state index in [-0.39, 0.29) is 48.0 Å².